The second kappa shape index (κ2) is 10.00. The fourth-order valence-corrected chi connectivity index (χ4v) is 1.63. The third-order valence-electron chi connectivity index (χ3n) is 3.05. The van der Waals surface area contributed by atoms with Crippen molar-refractivity contribution in [3.63, 3.8) is 0 Å². The molecular weight excluding hydrogens is 258 g/mol. The maximum absolute atomic E-state index is 11.3. The molecule has 0 saturated heterocycles. The van der Waals surface area contributed by atoms with Crippen molar-refractivity contribution in [2.24, 2.45) is 5.92 Å². The molecule has 5 nitrogen and oxygen atoms in total. The summed E-state index contributed by atoms with van der Waals surface area (Å²) in [7, 11) is 0. The first kappa shape index (κ1) is 19.2. The minimum absolute atomic E-state index is 0.0481. The molecule has 1 saturated carbocycles. The lowest BCUT2D eigenvalue weighted by molar-refractivity contribution is 0.0476. The summed E-state index contributed by atoms with van der Waals surface area (Å²) in [4.78, 5) is 11.3. The Morgan fingerprint density at radius 3 is 2.20 bits per heavy atom. The molecule has 1 amide bonds. The normalized spacial score (nSPS) is 16.5. The van der Waals surface area contributed by atoms with E-state index < -0.39 is 11.7 Å². The summed E-state index contributed by atoms with van der Waals surface area (Å²) in [5.41, 5.74) is -0.541. The van der Waals surface area contributed by atoms with Crippen LogP contribution in [0, 0.1) is 5.92 Å². The number of ether oxygens (including phenoxy) is 1. The Balaban J connectivity index is 0.000000595. The maximum Gasteiger partial charge on any atom is 0.407 e. The van der Waals surface area contributed by atoms with E-state index in [0.29, 0.717) is 12.8 Å². The van der Waals surface area contributed by atoms with Gasteiger partial charge in [0.2, 0.25) is 0 Å². The average Bonchev–Trinajstić information content (AvgIpc) is 2.30. The molecule has 1 fully saturated rings. The molecule has 0 spiro atoms. The molecule has 0 aromatic rings. The van der Waals surface area contributed by atoms with E-state index in [-0.39, 0.29) is 19.3 Å². The largest absolute Gasteiger partial charge is 0.444 e. The molecule has 1 unspecified atom stereocenters. The Labute approximate surface area is 122 Å². The Morgan fingerprint density at radius 2 is 1.90 bits per heavy atom. The molecule has 0 heterocycles. The Bertz CT molecular complexity index is 259. The van der Waals surface area contributed by atoms with Crippen LogP contribution >= 0.6 is 0 Å². The van der Waals surface area contributed by atoms with Gasteiger partial charge in [0.05, 0.1) is 12.6 Å². The van der Waals surface area contributed by atoms with Crippen LogP contribution in [0.2, 0.25) is 0 Å². The van der Waals surface area contributed by atoms with Crippen LogP contribution in [0.3, 0.4) is 0 Å². The van der Waals surface area contributed by atoms with Crippen molar-refractivity contribution in [1.82, 2.24) is 5.32 Å². The zero-order chi connectivity index (χ0) is 15.6. The van der Waals surface area contributed by atoms with Crippen molar-refractivity contribution in [3.8, 4) is 0 Å². The van der Waals surface area contributed by atoms with Crippen LogP contribution in [0.5, 0.6) is 0 Å². The topological polar surface area (TPSA) is 78.8 Å². The van der Waals surface area contributed by atoms with Crippen LogP contribution in [-0.4, -0.2) is 41.2 Å². The van der Waals surface area contributed by atoms with E-state index in [1.807, 2.05) is 0 Å². The highest BCUT2D eigenvalue weighted by atomic mass is 16.6. The number of carbonyl (C=O) groups is 1. The van der Waals surface area contributed by atoms with Crippen molar-refractivity contribution in [1.29, 1.82) is 0 Å². The van der Waals surface area contributed by atoms with Crippen molar-refractivity contribution < 1.29 is 19.7 Å². The summed E-state index contributed by atoms with van der Waals surface area (Å²) in [5, 5.41) is 20.1. The number of amides is 1. The highest BCUT2D eigenvalue weighted by Crippen LogP contribution is 2.24. The summed E-state index contributed by atoms with van der Waals surface area (Å²) in [6.45, 7) is 7.52. The second-order valence-electron chi connectivity index (χ2n) is 6.43. The standard InChI is InChI=1S/C10H21NO4.C5H10/c1-10(2,3)15-9(14)11-8(7-13)5-4-6-12;1-5-3-2-4-5/h8,12-13H,4-7H2,1-3H3,(H,11,14);5H,2-4H2,1H3. The lowest BCUT2D eigenvalue weighted by atomic mass is 9.88. The van der Waals surface area contributed by atoms with Gasteiger partial charge in [-0.2, -0.15) is 0 Å². The average molecular weight is 289 g/mol. The monoisotopic (exact) mass is 289 g/mol. The SMILES string of the molecule is CC(C)(C)OC(=O)NC(CO)CCCO.CC1CCC1. The first-order valence-electron chi connectivity index (χ1n) is 7.49. The molecule has 0 aliphatic heterocycles. The highest BCUT2D eigenvalue weighted by Gasteiger charge is 2.18. The van der Waals surface area contributed by atoms with E-state index in [9.17, 15) is 4.79 Å². The van der Waals surface area contributed by atoms with Gasteiger partial charge < -0.3 is 20.3 Å². The smallest absolute Gasteiger partial charge is 0.407 e. The molecule has 120 valence electrons. The van der Waals surface area contributed by atoms with Gasteiger partial charge in [-0.15, -0.1) is 0 Å². The number of alkyl carbamates (subject to hydrolysis) is 1. The van der Waals surface area contributed by atoms with Crippen LogP contribution in [0.15, 0.2) is 0 Å². The zero-order valence-electron chi connectivity index (χ0n) is 13.3. The number of rotatable bonds is 5. The van der Waals surface area contributed by atoms with Crippen LogP contribution in [0.25, 0.3) is 0 Å². The third kappa shape index (κ3) is 11.1. The van der Waals surface area contributed by atoms with Gasteiger partial charge in [0.1, 0.15) is 5.60 Å². The Hall–Kier alpha value is -0.810. The molecule has 1 atom stereocenters. The third-order valence-corrected chi connectivity index (χ3v) is 3.05. The van der Waals surface area contributed by atoms with E-state index >= 15 is 0 Å². The second-order valence-corrected chi connectivity index (χ2v) is 6.43. The minimum atomic E-state index is -0.542. The molecule has 1 aliphatic carbocycles. The van der Waals surface area contributed by atoms with Crippen molar-refractivity contribution in [2.45, 2.75) is 71.4 Å². The number of nitrogens with one attached hydrogen (secondary N) is 1. The maximum atomic E-state index is 11.3. The molecule has 1 aliphatic rings. The quantitative estimate of drug-likeness (QED) is 0.726. The van der Waals surface area contributed by atoms with Crippen LogP contribution in [-0.2, 0) is 4.74 Å². The highest BCUT2D eigenvalue weighted by molar-refractivity contribution is 5.68. The van der Waals surface area contributed by atoms with Gasteiger partial charge >= 0.3 is 6.09 Å². The van der Waals surface area contributed by atoms with Gasteiger partial charge in [0.15, 0.2) is 0 Å². The van der Waals surface area contributed by atoms with Crippen LogP contribution in [0.1, 0.15) is 59.8 Å². The van der Waals surface area contributed by atoms with Gasteiger partial charge in [-0.05, 0) is 39.5 Å². The van der Waals surface area contributed by atoms with Crippen molar-refractivity contribution in [2.75, 3.05) is 13.2 Å². The molecular formula is C15H31NO4. The summed E-state index contributed by atoms with van der Waals surface area (Å²) < 4.78 is 5.03. The molecule has 0 bridgehead atoms. The molecule has 3 N–H and O–H groups in total. The predicted octanol–water partition coefficient (Wildman–Crippen LogP) is 2.45. The molecule has 0 aromatic heterocycles. The van der Waals surface area contributed by atoms with Gasteiger partial charge in [-0.25, -0.2) is 4.79 Å². The Kier molecular flexibility index (Phi) is 9.59. The van der Waals surface area contributed by atoms with E-state index in [2.05, 4.69) is 12.2 Å². The van der Waals surface area contributed by atoms with Gasteiger partial charge in [0.25, 0.3) is 0 Å². The predicted molar refractivity (Wildman–Crippen MR) is 79.6 cm³/mol. The number of aliphatic hydroxyl groups excluding tert-OH is 2. The van der Waals surface area contributed by atoms with E-state index in [1.54, 1.807) is 20.8 Å². The summed E-state index contributed by atoms with van der Waals surface area (Å²) >= 11 is 0. The van der Waals surface area contributed by atoms with Crippen molar-refractivity contribution >= 4 is 6.09 Å². The summed E-state index contributed by atoms with van der Waals surface area (Å²) in [6.07, 6.45) is 4.99. The Morgan fingerprint density at radius 1 is 1.35 bits per heavy atom. The number of carbonyl (C=O) groups excluding carboxylic acids is 1. The fraction of sp³-hybridized carbons (Fsp3) is 0.933. The van der Waals surface area contributed by atoms with E-state index in [4.69, 9.17) is 14.9 Å². The van der Waals surface area contributed by atoms with Crippen molar-refractivity contribution in [3.05, 3.63) is 0 Å². The first-order chi connectivity index (χ1) is 9.28. The van der Waals surface area contributed by atoms with Gasteiger partial charge in [-0.3, -0.25) is 0 Å². The van der Waals surface area contributed by atoms with Crippen LogP contribution in [0.4, 0.5) is 4.79 Å². The number of hydrogen-bond acceptors (Lipinski definition) is 4. The molecule has 5 heteroatoms. The first-order valence-corrected chi connectivity index (χ1v) is 7.49. The number of hydrogen-bond donors (Lipinski definition) is 3. The molecule has 0 radical (unpaired) electrons. The zero-order valence-corrected chi connectivity index (χ0v) is 13.3. The van der Waals surface area contributed by atoms with Crippen LogP contribution < -0.4 is 5.32 Å². The van der Waals surface area contributed by atoms with Gasteiger partial charge in [0, 0.05) is 6.61 Å². The van der Waals surface area contributed by atoms with Gasteiger partial charge in [-0.1, -0.05) is 26.2 Å². The molecule has 0 aromatic carbocycles. The van der Waals surface area contributed by atoms with E-state index in [1.165, 1.54) is 19.3 Å². The molecule has 20 heavy (non-hydrogen) atoms. The lowest BCUT2D eigenvalue weighted by Crippen LogP contribution is -2.41. The lowest BCUT2D eigenvalue weighted by Gasteiger charge is -2.22. The van der Waals surface area contributed by atoms with E-state index in [0.717, 1.165) is 5.92 Å². The fourth-order valence-electron chi connectivity index (χ4n) is 1.63. The summed E-state index contributed by atoms with van der Waals surface area (Å²) in [5.74, 6) is 1.06. The minimum Gasteiger partial charge on any atom is -0.444 e. The number of aliphatic hydroxyl groups is 2. The summed E-state index contributed by atoms with van der Waals surface area (Å²) in [6, 6.07) is -0.355. The molecule has 1 rings (SSSR count).